The van der Waals surface area contributed by atoms with Crippen LogP contribution in [0.3, 0.4) is 0 Å². The van der Waals surface area contributed by atoms with Crippen molar-refractivity contribution in [3.8, 4) is 11.5 Å². The van der Waals surface area contributed by atoms with Crippen molar-refractivity contribution >= 4 is 23.2 Å². The molecule has 0 aromatic heterocycles. The van der Waals surface area contributed by atoms with Crippen LogP contribution in [-0.2, 0) is 16.8 Å². The van der Waals surface area contributed by atoms with E-state index in [1.54, 1.807) is 4.90 Å². The molecule has 2 aliphatic rings. The molecular weight excluding hydrogens is 490 g/mol. The minimum absolute atomic E-state index is 0.0111. The molecule has 0 aliphatic carbocycles. The first-order valence-corrected chi connectivity index (χ1v) is 13.7. The average Bonchev–Trinajstić information content (AvgIpc) is 2.94. The van der Waals surface area contributed by atoms with Gasteiger partial charge in [-0.15, -0.1) is 0 Å². The van der Waals surface area contributed by atoms with Crippen LogP contribution in [0.15, 0.2) is 66.7 Å². The van der Waals surface area contributed by atoms with Crippen molar-refractivity contribution in [1.29, 1.82) is 0 Å². The highest BCUT2D eigenvalue weighted by Crippen LogP contribution is 2.37. The van der Waals surface area contributed by atoms with Crippen LogP contribution in [0.25, 0.3) is 0 Å². The number of para-hydroxylation sites is 2. The van der Waals surface area contributed by atoms with Gasteiger partial charge in [-0.05, 0) is 59.9 Å². The second kappa shape index (κ2) is 11.0. The Morgan fingerprint density at radius 2 is 1.69 bits per heavy atom. The van der Waals surface area contributed by atoms with Gasteiger partial charge in [0, 0.05) is 31.7 Å². The van der Waals surface area contributed by atoms with Crippen LogP contribution >= 0.6 is 0 Å². The number of carbonyl (C=O) groups is 2. The lowest BCUT2D eigenvalue weighted by Crippen LogP contribution is -2.48. The number of fused-ring (bicyclic) bond motifs is 1. The molecule has 2 amide bonds. The summed E-state index contributed by atoms with van der Waals surface area (Å²) in [5.74, 6) is 1.51. The molecule has 1 saturated heterocycles. The van der Waals surface area contributed by atoms with Crippen LogP contribution in [-0.4, -0.2) is 56.1 Å². The quantitative estimate of drug-likeness (QED) is 0.437. The van der Waals surface area contributed by atoms with Crippen LogP contribution in [0.1, 0.15) is 49.2 Å². The molecule has 3 aromatic rings. The van der Waals surface area contributed by atoms with Gasteiger partial charge in [0.25, 0.3) is 11.8 Å². The Kier molecular flexibility index (Phi) is 7.51. The molecule has 7 heteroatoms. The normalized spacial score (nSPS) is 15.6. The fourth-order valence-corrected chi connectivity index (χ4v) is 5.16. The molecule has 0 unspecified atom stereocenters. The van der Waals surface area contributed by atoms with Crippen LogP contribution in [0.5, 0.6) is 11.5 Å². The number of piperazine rings is 1. The molecule has 39 heavy (non-hydrogen) atoms. The lowest BCUT2D eigenvalue weighted by molar-refractivity contribution is -0.121. The van der Waals surface area contributed by atoms with Crippen molar-refractivity contribution < 1.29 is 19.1 Å². The third kappa shape index (κ3) is 5.72. The predicted octanol–water partition coefficient (Wildman–Crippen LogP) is 5.27. The molecule has 0 atom stereocenters. The maximum absolute atomic E-state index is 13.5. The zero-order valence-electron chi connectivity index (χ0n) is 23.3. The molecule has 2 heterocycles. The molecule has 0 N–H and O–H groups in total. The van der Waals surface area contributed by atoms with E-state index in [4.69, 9.17) is 9.47 Å². The topological polar surface area (TPSA) is 62.3 Å². The van der Waals surface area contributed by atoms with Gasteiger partial charge < -0.3 is 24.2 Å². The summed E-state index contributed by atoms with van der Waals surface area (Å²) in [6.45, 7) is 12.2. The van der Waals surface area contributed by atoms with Crippen molar-refractivity contribution in [2.24, 2.45) is 0 Å². The number of rotatable bonds is 6. The summed E-state index contributed by atoms with van der Waals surface area (Å²) in [6, 6.07) is 21.7. The molecule has 0 bridgehead atoms. The van der Waals surface area contributed by atoms with Crippen molar-refractivity contribution in [3.63, 3.8) is 0 Å². The van der Waals surface area contributed by atoms with Gasteiger partial charge >= 0.3 is 0 Å². The van der Waals surface area contributed by atoms with Crippen LogP contribution in [0.4, 0.5) is 11.4 Å². The Balaban J connectivity index is 1.29. The van der Waals surface area contributed by atoms with Crippen molar-refractivity contribution in [3.05, 3.63) is 83.4 Å². The van der Waals surface area contributed by atoms with Gasteiger partial charge in [0.1, 0.15) is 11.5 Å². The third-order valence-corrected chi connectivity index (χ3v) is 7.36. The highest BCUT2D eigenvalue weighted by molar-refractivity contribution is 5.98. The Morgan fingerprint density at radius 1 is 0.923 bits per heavy atom. The minimum Gasteiger partial charge on any atom is -0.492 e. The molecular formula is C32H37N3O4. The number of amides is 2. The van der Waals surface area contributed by atoms with E-state index in [1.165, 1.54) is 0 Å². The summed E-state index contributed by atoms with van der Waals surface area (Å²) >= 11 is 0. The van der Waals surface area contributed by atoms with Gasteiger partial charge in [-0.3, -0.25) is 9.59 Å². The number of nitrogens with zero attached hydrogens (tertiary/aromatic N) is 3. The lowest BCUT2D eigenvalue weighted by Gasteiger charge is -2.36. The smallest absolute Gasteiger partial charge is 0.265 e. The number of benzene rings is 3. The van der Waals surface area contributed by atoms with Crippen molar-refractivity contribution in [2.75, 3.05) is 49.2 Å². The Bertz CT molecular complexity index is 1360. The third-order valence-electron chi connectivity index (χ3n) is 7.36. The summed E-state index contributed by atoms with van der Waals surface area (Å²) in [4.78, 5) is 32.3. The van der Waals surface area contributed by atoms with E-state index in [1.807, 2.05) is 66.4 Å². The Hall–Kier alpha value is -4.00. The van der Waals surface area contributed by atoms with Crippen LogP contribution in [0.2, 0.25) is 0 Å². The second-order valence-electron chi connectivity index (χ2n) is 11.1. The van der Waals surface area contributed by atoms with E-state index in [2.05, 4.69) is 37.8 Å². The molecule has 0 radical (unpaired) electrons. The summed E-state index contributed by atoms with van der Waals surface area (Å²) in [5.41, 5.74) is 4.48. The van der Waals surface area contributed by atoms with Gasteiger partial charge in [0.05, 0.1) is 24.5 Å². The summed E-state index contributed by atoms with van der Waals surface area (Å²) in [7, 11) is 0. The van der Waals surface area contributed by atoms with Gasteiger partial charge in [-0.25, -0.2) is 0 Å². The summed E-state index contributed by atoms with van der Waals surface area (Å²) < 4.78 is 11.5. The molecule has 0 spiro atoms. The van der Waals surface area contributed by atoms with E-state index in [9.17, 15) is 9.59 Å². The van der Waals surface area contributed by atoms with E-state index < -0.39 is 0 Å². The fourth-order valence-electron chi connectivity index (χ4n) is 5.16. The number of anilines is 2. The van der Waals surface area contributed by atoms with Crippen LogP contribution in [0, 0.1) is 0 Å². The number of hydrogen-bond donors (Lipinski definition) is 0. The molecule has 3 aromatic carbocycles. The fraction of sp³-hybridized carbons (Fsp3) is 0.375. The first kappa shape index (κ1) is 26.6. The molecule has 204 valence electrons. The maximum Gasteiger partial charge on any atom is 0.265 e. The first-order valence-electron chi connectivity index (χ1n) is 13.7. The first-order chi connectivity index (χ1) is 18.7. The number of ether oxygens (including phenoxy) is 2. The molecule has 1 fully saturated rings. The highest BCUT2D eigenvalue weighted by Gasteiger charge is 2.28. The maximum atomic E-state index is 13.5. The van der Waals surface area contributed by atoms with Gasteiger partial charge in [-0.1, -0.05) is 51.1 Å². The van der Waals surface area contributed by atoms with Gasteiger partial charge in [0.15, 0.2) is 6.61 Å². The Labute approximate surface area is 230 Å². The average molecular weight is 528 g/mol. The molecule has 0 saturated carbocycles. The predicted molar refractivity (Wildman–Crippen MR) is 154 cm³/mol. The van der Waals surface area contributed by atoms with Gasteiger partial charge in [0.2, 0.25) is 0 Å². The zero-order valence-corrected chi connectivity index (χ0v) is 23.3. The van der Waals surface area contributed by atoms with E-state index >= 15 is 0 Å². The van der Waals surface area contributed by atoms with Crippen molar-refractivity contribution in [1.82, 2.24) is 4.90 Å². The number of carbonyl (C=O) groups excluding carboxylic acids is 2. The van der Waals surface area contributed by atoms with E-state index in [-0.39, 0.29) is 23.8 Å². The molecule has 5 rings (SSSR count). The van der Waals surface area contributed by atoms with Crippen LogP contribution < -0.4 is 19.3 Å². The van der Waals surface area contributed by atoms with E-state index in [0.717, 1.165) is 41.3 Å². The SMILES string of the molecule is CCOc1ccccc1N1CCN(C(=O)c2cccc(CN3C(=O)COc4ccc(C(C)(C)C)cc43)c2)CC1. The molecule has 2 aliphatic heterocycles. The standard InChI is InChI=1S/C32H37N3O4/c1-5-38-28-12-7-6-11-26(28)33-15-17-34(18-16-33)31(37)24-10-8-9-23(19-24)21-35-27-20-25(32(2,3)4)13-14-29(27)39-22-30(35)36/h6-14,19-20H,5,15-18,21-22H2,1-4H3. The Morgan fingerprint density at radius 3 is 2.44 bits per heavy atom. The lowest BCUT2D eigenvalue weighted by atomic mass is 9.86. The summed E-state index contributed by atoms with van der Waals surface area (Å²) in [5, 5.41) is 0. The van der Waals surface area contributed by atoms with Gasteiger partial charge in [-0.2, -0.15) is 0 Å². The van der Waals surface area contributed by atoms with Crippen molar-refractivity contribution in [2.45, 2.75) is 39.7 Å². The largest absolute Gasteiger partial charge is 0.492 e. The summed E-state index contributed by atoms with van der Waals surface area (Å²) in [6.07, 6.45) is 0. The number of hydrogen-bond acceptors (Lipinski definition) is 5. The second-order valence-corrected chi connectivity index (χ2v) is 11.1. The minimum atomic E-state index is -0.0891. The van der Waals surface area contributed by atoms with E-state index in [0.29, 0.717) is 37.6 Å². The highest BCUT2D eigenvalue weighted by atomic mass is 16.5. The zero-order chi connectivity index (χ0) is 27.6. The monoisotopic (exact) mass is 527 g/mol. The molecule has 7 nitrogen and oxygen atoms in total.